The largest absolute Gasteiger partial charge is 0.147 e. The summed E-state index contributed by atoms with van der Waals surface area (Å²) in [5, 5.41) is 0. The Kier molecular flexibility index (Phi) is 11.8. The minimum Gasteiger partial charge on any atom is -0.147 e. The van der Waals surface area contributed by atoms with Gasteiger partial charge in [-0.2, -0.15) is 0 Å². The molecule has 0 spiro atoms. The molecule has 0 fully saturated rings. The van der Waals surface area contributed by atoms with Crippen molar-refractivity contribution < 1.29 is 21.3 Å². The summed E-state index contributed by atoms with van der Waals surface area (Å²) < 4.78 is 5.21. The zero-order valence-corrected chi connectivity index (χ0v) is 36.6. The Hall–Kier alpha value is -2.31. The second-order valence-corrected chi connectivity index (χ2v) is 23.4. The summed E-state index contributed by atoms with van der Waals surface area (Å²) in [7, 11) is 0. The van der Waals surface area contributed by atoms with Gasteiger partial charge in [-0.1, -0.05) is 0 Å². The molecule has 3 heteroatoms. The van der Waals surface area contributed by atoms with Gasteiger partial charge in [0.15, 0.2) is 0 Å². The maximum absolute atomic E-state index is 2.91. The van der Waals surface area contributed by atoms with Crippen LogP contribution < -0.4 is 3.27 Å². The number of hydrogen-bond donors (Lipinski definition) is 0. The molecular formula is C47H58Cl2Zr. The number of hydrogen-bond acceptors (Lipinski definition) is 0. The quantitative estimate of drug-likeness (QED) is 0.161. The number of halogens is 2. The number of fused-ring (bicyclic) bond motifs is 3. The molecule has 0 atom stereocenters. The van der Waals surface area contributed by atoms with Crippen molar-refractivity contribution >= 4 is 31.3 Å². The fourth-order valence-corrected chi connectivity index (χ4v) is 19.0. The van der Waals surface area contributed by atoms with Crippen molar-refractivity contribution in [2.75, 3.05) is 0 Å². The van der Waals surface area contributed by atoms with E-state index in [0.717, 1.165) is 12.8 Å². The van der Waals surface area contributed by atoms with E-state index in [1.54, 1.807) is 20.9 Å². The van der Waals surface area contributed by atoms with E-state index >= 15 is 0 Å². The summed E-state index contributed by atoms with van der Waals surface area (Å²) in [6.07, 6.45) is 9.38. The fourth-order valence-electron chi connectivity index (χ4n) is 9.02. The van der Waals surface area contributed by atoms with Crippen molar-refractivity contribution in [2.45, 2.75) is 118 Å². The van der Waals surface area contributed by atoms with E-state index < -0.39 is 21.3 Å². The molecule has 50 heavy (non-hydrogen) atoms. The summed E-state index contributed by atoms with van der Waals surface area (Å²) in [5.74, 6) is 0. The maximum atomic E-state index is 2.61. The van der Waals surface area contributed by atoms with E-state index in [1.165, 1.54) is 44.5 Å². The average Bonchev–Trinajstić information content (AvgIpc) is 3.67. The van der Waals surface area contributed by atoms with Crippen molar-refractivity contribution in [3.63, 3.8) is 0 Å². The molecule has 4 aromatic carbocycles. The Morgan fingerprint density at radius 1 is 0.620 bits per heavy atom. The monoisotopic (exact) mass is 782 g/mol. The van der Waals surface area contributed by atoms with Crippen LogP contribution in [0.3, 0.4) is 0 Å². The van der Waals surface area contributed by atoms with E-state index in [2.05, 4.69) is 180 Å². The molecule has 2 aliphatic rings. The molecule has 0 radical (unpaired) electrons. The van der Waals surface area contributed by atoms with Gasteiger partial charge in [-0.15, -0.1) is 24.8 Å². The Morgan fingerprint density at radius 3 is 1.58 bits per heavy atom. The molecule has 0 N–H and O–H groups in total. The van der Waals surface area contributed by atoms with Gasteiger partial charge in [0.2, 0.25) is 0 Å². The first kappa shape index (κ1) is 40.5. The average molecular weight is 785 g/mol. The van der Waals surface area contributed by atoms with Crippen LogP contribution >= 0.6 is 24.8 Å². The summed E-state index contributed by atoms with van der Waals surface area (Å²) >= 11 is -2.91. The minimum absolute atomic E-state index is 0. The smallest absolute Gasteiger partial charge is 0.147 e. The second kappa shape index (κ2) is 14.6. The molecule has 0 heterocycles. The van der Waals surface area contributed by atoms with E-state index in [1.807, 2.05) is 0 Å². The zero-order chi connectivity index (χ0) is 34.8. The molecule has 0 saturated carbocycles. The van der Waals surface area contributed by atoms with Crippen LogP contribution in [0, 0.1) is 13.8 Å². The van der Waals surface area contributed by atoms with Crippen LogP contribution in [0.15, 0.2) is 100 Å². The molecule has 264 valence electrons. The van der Waals surface area contributed by atoms with Crippen LogP contribution in [-0.4, -0.2) is 3.21 Å². The van der Waals surface area contributed by atoms with Crippen LogP contribution in [0.25, 0.3) is 11.1 Å². The van der Waals surface area contributed by atoms with Gasteiger partial charge >= 0.3 is 301 Å². The van der Waals surface area contributed by atoms with Crippen molar-refractivity contribution in [1.29, 1.82) is 0 Å². The predicted octanol–water partition coefficient (Wildman–Crippen LogP) is 12.5. The summed E-state index contributed by atoms with van der Waals surface area (Å²) in [6.45, 7) is 29.3. The first-order valence-electron chi connectivity index (χ1n) is 18.0. The standard InChI is InChI=1S/C23H29.C19H22.C5H5.2ClH.Zr/c1-14-9-16-11-17-10-15(2)21(23(6,7)8)13-19(17)18(16)12-20(14)22(3,4)5;1-18(2,16-11-7-5-8-12-16)15-19(3,4)17-13-9-6-10-14-17;1-2-4-5-3-1;;;/h9,12-13H,11H2,1-8H3;5-14H,1-4H3;1-3H,4H2;2*1H;. The Bertz CT molecular complexity index is 1920. The van der Waals surface area contributed by atoms with Gasteiger partial charge in [0.1, 0.15) is 0 Å². The molecule has 0 aliphatic heterocycles. The van der Waals surface area contributed by atoms with E-state index in [-0.39, 0.29) is 46.5 Å². The van der Waals surface area contributed by atoms with Crippen LogP contribution in [0.1, 0.15) is 120 Å². The molecule has 0 amide bonds. The van der Waals surface area contributed by atoms with Gasteiger partial charge in [0.05, 0.1) is 0 Å². The molecule has 0 unspecified atom stereocenters. The van der Waals surface area contributed by atoms with Gasteiger partial charge < -0.3 is 0 Å². The predicted molar refractivity (Wildman–Crippen MR) is 221 cm³/mol. The molecule has 0 bridgehead atoms. The Morgan fingerprint density at radius 2 is 1.12 bits per heavy atom. The summed E-state index contributed by atoms with van der Waals surface area (Å²) in [4.78, 5) is 0. The fraction of sp³-hybridized carbons (Fsp3) is 0.383. The van der Waals surface area contributed by atoms with E-state index in [4.69, 9.17) is 0 Å². The number of benzene rings is 4. The van der Waals surface area contributed by atoms with Gasteiger partial charge in [0.25, 0.3) is 0 Å². The topological polar surface area (TPSA) is 0 Å². The molecule has 2 aliphatic carbocycles. The Balaban J connectivity index is 0.00000281. The van der Waals surface area contributed by atoms with Gasteiger partial charge in [-0.05, 0) is 0 Å². The third kappa shape index (κ3) is 7.19. The summed E-state index contributed by atoms with van der Waals surface area (Å²) in [5.41, 5.74) is 14.8. The first-order valence-corrected chi connectivity index (χ1v) is 21.7. The van der Waals surface area contributed by atoms with Crippen LogP contribution in [0.4, 0.5) is 0 Å². The maximum Gasteiger partial charge on any atom is -0.147 e. The molecule has 0 aromatic heterocycles. The van der Waals surface area contributed by atoms with Crippen molar-refractivity contribution in [3.8, 4) is 11.1 Å². The SMILES string of the molecule is Cc1cc2c(cc1C(C)(C)C)-c1cc(C(C)(C)C)c(C)[c]([Zr]([C]3=CC=CC3)=[C](C(C)(C)c3ccccc3)C(C)(C)c3ccccc3)c1C2.Cl.Cl. The van der Waals surface area contributed by atoms with Gasteiger partial charge in [-0.25, -0.2) is 0 Å². The number of allylic oxidation sites excluding steroid dienone is 4. The Labute approximate surface area is 323 Å². The van der Waals surface area contributed by atoms with Gasteiger partial charge in [0, 0.05) is 0 Å². The van der Waals surface area contributed by atoms with Crippen LogP contribution in [0.5, 0.6) is 0 Å². The molecule has 0 nitrogen and oxygen atoms in total. The van der Waals surface area contributed by atoms with Crippen LogP contribution in [0.2, 0.25) is 0 Å². The third-order valence-electron chi connectivity index (χ3n) is 11.3. The van der Waals surface area contributed by atoms with Crippen molar-refractivity contribution in [1.82, 2.24) is 0 Å². The summed E-state index contributed by atoms with van der Waals surface area (Å²) in [6, 6.07) is 30.5. The zero-order valence-electron chi connectivity index (χ0n) is 32.5. The van der Waals surface area contributed by atoms with Crippen molar-refractivity contribution in [3.05, 3.63) is 145 Å². The third-order valence-corrected chi connectivity index (χ3v) is 20.9. The first-order chi connectivity index (χ1) is 22.4. The van der Waals surface area contributed by atoms with Crippen molar-refractivity contribution in [2.24, 2.45) is 0 Å². The van der Waals surface area contributed by atoms with E-state index in [9.17, 15) is 0 Å². The number of rotatable bonds is 6. The number of aryl methyl sites for hydroxylation is 1. The van der Waals surface area contributed by atoms with Gasteiger partial charge in [-0.3, -0.25) is 0 Å². The van der Waals surface area contributed by atoms with E-state index in [0.29, 0.717) is 0 Å². The second-order valence-electron chi connectivity index (χ2n) is 17.5. The normalized spacial score (nSPS) is 14.0. The minimum atomic E-state index is -2.91. The molecule has 4 aromatic rings. The molecule has 6 rings (SSSR count). The van der Waals surface area contributed by atoms with Crippen LogP contribution in [-0.2, 0) is 49.3 Å². The molecular weight excluding hydrogens is 727 g/mol. The molecule has 0 saturated heterocycles.